The van der Waals surface area contributed by atoms with Crippen LogP contribution in [-0.2, 0) is 0 Å². The second-order valence-electron chi connectivity index (χ2n) is 4.63. The molecule has 4 aromatic heterocycles. The third kappa shape index (κ3) is 4.47. The van der Waals surface area contributed by atoms with E-state index in [1.54, 1.807) is 49.1 Å². The molecular weight excluding hydrogens is 370 g/mol. The van der Waals surface area contributed by atoms with E-state index < -0.39 is 6.96 Å². The second-order valence-corrected chi connectivity index (χ2v) is 4.63. The Morgan fingerprint density at radius 2 is 0.769 bits per heavy atom. The van der Waals surface area contributed by atoms with E-state index in [1.165, 1.54) is 24.8 Å². The Kier molecular flexibility index (Phi) is 6.00. The van der Waals surface area contributed by atoms with E-state index in [0.717, 1.165) is 19.4 Å². The molecule has 0 aromatic carbocycles. The molecule has 0 aliphatic carbocycles. The molecule has 0 unspecified atom stereocenters. The SMILES string of the molecule is [K+].c1cnn(O[B-](On2cccn2)(On2cccn2)On2cccn2)c1. The van der Waals surface area contributed by atoms with Crippen molar-refractivity contribution in [2.45, 2.75) is 0 Å². The van der Waals surface area contributed by atoms with Crippen LogP contribution in [0.15, 0.2) is 73.8 Å². The van der Waals surface area contributed by atoms with Crippen LogP contribution in [0.5, 0.6) is 0 Å². The summed E-state index contributed by atoms with van der Waals surface area (Å²) in [6.07, 6.45) is 12.3. The van der Waals surface area contributed by atoms with Crippen molar-refractivity contribution in [1.82, 2.24) is 39.8 Å². The summed E-state index contributed by atoms with van der Waals surface area (Å²) in [6, 6.07) is 6.65. The number of aromatic nitrogens is 8. The van der Waals surface area contributed by atoms with Crippen molar-refractivity contribution in [1.29, 1.82) is 0 Å². The predicted octanol–water partition coefficient (Wildman–Crippen LogP) is -4.27. The van der Waals surface area contributed by atoms with Gasteiger partial charge in [-0.15, -0.1) is 39.8 Å². The van der Waals surface area contributed by atoms with Crippen molar-refractivity contribution in [3.05, 3.63) is 73.8 Å². The van der Waals surface area contributed by atoms with Crippen LogP contribution >= 0.6 is 0 Å². The minimum absolute atomic E-state index is 0. The molecule has 12 nitrogen and oxygen atoms in total. The quantitative estimate of drug-likeness (QED) is 0.282. The molecule has 0 aliphatic heterocycles. The van der Waals surface area contributed by atoms with Gasteiger partial charge in [-0.1, -0.05) is 0 Å². The summed E-state index contributed by atoms with van der Waals surface area (Å²) >= 11 is 0. The van der Waals surface area contributed by atoms with Crippen LogP contribution in [0.3, 0.4) is 0 Å². The number of hydrogen-bond donors (Lipinski definition) is 0. The molecule has 0 radical (unpaired) electrons. The first-order valence-electron chi connectivity index (χ1n) is 7.21. The standard InChI is InChI=1S/C12H12BN8O4.K/c1-5-14-18(9-1)22-13(23-19-10-2-6-15-19,24-20-11-3-7-16-20)25-21-12-4-8-17-21;/h1-12H;/q-1;+1. The van der Waals surface area contributed by atoms with Crippen molar-refractivity contribution in [2.24, 2.45) is 0 Å². The maximum absolute atomic E-state index is 5.68. The fraction of sp³-hybridized carbons (Fsp3) is 0. The van der Waals surface area contributed by atoms with Crippen molar-refractivity contribution < 1.29 is 70.4 Å². The molecule has 4 heterocycles. The summed E-state index contributed by atoms with van der Waals surface area (Å²) in [5.74, 6) is 0. The van der Waals surface area contributed by atoms with Gasteiger partial charge >= 0.3 is 58.3 Å². The van der Waals surface area contributed by atoms with E-state index in [2.05, 4.69) is 20.4 Å². The van der Waals surface area contributed by atoms with Gasteiger partial charge in [-0.3, -0.25) is 0 Å². The topological polar surface area (TPSA) is 108 Å². The zero-order valence-corrected chi connectivity index (χ0v) is 16.8. The van der Waals surface area contributed by atoms with Gasteiger partial charge in [0.15, 0.2) is 0 Å². The van der Waals surface area contributed by atoms with Crippen molar-refractivity contribution in [3.8, 4) is 0 Å². The predicted molar refractivity (Wildman–Crippen MR) is 81.0 cm³/mol. The minimum atomic E-state index is -3.01. The monoisotopic (exact) mass is 382 g/mol. The van der Waals surface area contributed by atoms with Gasteiger partial charge in [0, 0.05) is 0 Å². The molecular formula is C12H12BKN8O4. The van der Waals surface area contributed by atoms with Gasteiger partial charge in [-0.25, -0.2) is 0 Å². The molecule has 0 aliphatic rings. The first-order valence-corrected chi connectivity index (χ1v) is 7.21. The average Bonchev–Trinajstić information content (AvgIpc) is 3.37. The third-order valence-electron chi connectivity index (χ3n) is 2.87. The Hall–Kier alpha value is -2.26. The molecule has 26 heavy (non-hydrogen) atoms. The first kappa shape index (κ1) is 18.5. The van der Waals surface area contributed by atoms with Gasteiger partial charge < -0.3 is 19.0 Å². The number of nitrogens with zero attached hydrogens (tertiary/aromatic N) is 8. The normalized spacial score (nSPS) is 10.8. The maximum atomic E-state index is 5.68. The Bertz CT molecular complexity index is 718. The van der Waals surface area contributed by atoms with E-state index in [9.17, 15) is 0 Å². The third-order valence-corrected chi connectivity index (χ3v) is 2.87. The smallest absolute Gasteiger partial charge is 0.501 e. The molecule has 14 heteroatoms. The molecule has 0 spiro atoms. The van der Waals surface area contributed by atoms with E-state index in [4.69, 9.17) is 19.0 Å². The molecule has 4 rings (SSSR count). The Morgan fingerprint density at radius 3 is 0.962 bits per heavy atom. The molecule has 0 fully saturated rings. The van der Waals surface area contributed by atoms with Crippen LogP contribution < -0.4 is 70.4 Å². The number of rotatable bonds is 8. The maximum Gasteiger partial charge on any atom is 1.00 e. The summed E-state index contributed by atoms with van der Waals surface area (Å²) < 4.78 is 22.7. The van der Waals surface area contributed by atoms with Gasteiger partial charge in [0.1, 0.15) is 0 Å². The summed E-state index contributed by atoms with van der Waals surface area (Å²) in [6.45, 7) is -3.01. The molecule has 0 saturated carbocycles. The summed E-state index contributed by atoms with van der Waals surface area (Å²) in [5, 5.41) is 15.9. The van der Waals surface area contributed by atoms with Crippen molar-refractivity contribution in [3.63, 3.8) is 0 Å². The molecule has 0 atom stereocenters. The van der Waals surface area contributed by atoms with Gasteiger partial charge in [0.2, 0.25) is 0 Å². The second kappa shape index (κ2) is 8.41. The molecule has 4 aromatic rings. The fourth-order valence-corrected chi connectivity index (χ4v) is 1.91. The molecule has 0 bridgehead atoms. The Morgan fingerprint density at radius 1 is 0.500 bits per heavy atom. The average molecular weight is 382 g/mol. The van der Waals surface area contributed by atoms with Crippen LogP contribution in [0.25, 0.3) is 0 Å². The van der Waals surface area contributed by atoms with E-state index >= 15 is 0 Å². The Labute approximate surface area is 189 Å². The Balaban J connectivity index is 0.00000196. The minimum Gasteiger partial charge on any atom is -0.501 e. The first-order chi connectivity index (χ1) is 12.3. The fourth-order valence-electron chi connectivity index (χ4n) is 1.91. The molecule has 0 N–H and O–H groups in total. The summed E-state index contributed by atoms with van der Waals surface area (Å²) in [5.41, 5.74) is 0. The molecule has 128 valence electrons. The van der Waals surface area contributed by atoms with E-state index in [0.29, 0.717) is 0 Å². The zero-order chi connectivity index (χ0) is 17.0. The zero-order valence-electron chi connectivity index (χ0n) is 13.7. The van der Waals surface area contributed by atoms with Gasteiger partial charge in [-0.05, 0) is 24.3 Å². The largest absolute Gasteiger partial charge is 1.00 e. The van der Waals surface area contributed by atoms with Crippen LogP contribution in [0.4, 0.5) is 0 Å². The van der Waals surface area contributed by atoms with E-state index in [-0.39, 0.29) is 51.4 Å². The van der Waals surface area contributed by atoms with Gasteiger partial charge in [-0.2, -0.15) is 0 Å². The van der Waals surface area contributed by atoms with Crippen LogP contribution in [0.2, 0.25) is 0 Å². The van der Waals surface area contributed by atoms with E-state index in [1.807, 2.05) is 0 Å². The van der Waals surface area contributed by atoms with Crippen molar-refractivity contribution >= 4 is 6.96 Å². The van der Waals surface area contributed by atoms with Crippen molar-refractivity contribution in [2.75, 3.05) is 0 Å². The van der Waals surface area contributed by atoms with Crippen LogP contribution in [0.1, 0.15) is 0 Å². The van der Waals surface area contributed by atoms with Crippen LogP contribution in [0, 0.1) is 0 Å². The summed E-state index contributed by atoms with van der Waals surface area (Å²) in [7, 11) is 0. The molecule has 0 amide bonds. The summed E-state index contributed by atoms with van der Waals surface area (Å²) in [4.78, 5) is 4.49. The number of hydrogen-bond acceptors (Lipinski definition) is 8. The molecule has 0 saturated heterocycles. The van der Waals surface area contributed by atoms with Gasteiger partial charge in [0.25, 0.3) is 0 Å². The van der Waals surface area contributed by atoms with Crippen LogP contribution in [-0.4, -0.2) is 46.7 Å². The van der Waals surface area contributed by atoms with Gasteiger partial charge in [0.05, 0.1) is 49.6 Å².